The highest BCUT2D eigenvalue weighted by molar-refractivity contribution is 7.89. The highest BCUT2D eigenvalue weighted by Gasteiger charge is 2.29. The summed E-state index contributed by atoms with van der Waals surface area (Å²) in [6.45, 7) is 0.216. The molecule has 0 aromatic heterocycles. The maximum atomic E-state index is 12.1. The molecule has 1 rings (SSSR count). The van der Waals surface area contributed by atoms with Crippen LogP contribution in [0.3, 0.4) is 0 Å². The van der Waals surface area contributed by atoms with Gasteiger partial charge in [-0.3, -0.25) is 0 Å². The summed E-state index contributed by atoms with van der Waals surface area (Å²) in [7, 11) is -2.79. The van der Waals surface area contributed by atoms with Gasteiger partial charge >= 0.3 is 5.97 Å². The normalized spacial score (nSPS) is 12.2. The smallest absolute Gasteiger partial charge is 0.337 e. The number of sulfonamides is 1. The number of carbonyl (C=O) groups is 1. The average molecular weight is 303 g/mol. The van der Waals surface area contributed by atoms with Crippen LogP contribution in [-0.4, -0.2) is 50.5 Å². The number of aliphatic hydroxyl groups is 2. The first-order chi connectivity index (χ1) is 9.28. The third kappa shape index (κ3) is 3.76. The Bertz CT molecular complexity index is 579. The zero-order chi connectivity index (χ0) is 15.4. The molecule has 3 N–H and O–H groups in total. The van der Waals surface area contributed by atoms with Crippen molar-refractivity contribution in [2.75, 3.05) is 20.3 Å². The number of carbonyl (C=O) groups excluding carboxylic acids is 1. The van der Waals surface area contributed by atoms with Gasteiger partial charge in [0.25, 0.3) is 0 Å². The largest absolute Gasteiger partial charge is 0.465 e. The van der Waals surface area contributed by atoms with Gasteiger partial charge in [-0.05, 0) is 25.1 Å². The second kappa shape index (κ2) is 6.31. The summed E-state index contributed by atoms with van der Waals surface area (Å²) in [4.78, 5) is 11.2. The highest BCUT2D eigenvalue weighted by atomic mass is 32.2. The first-order valence-corrected chi connectivity index (χ1v) is 7.20. The molecule has 0 saturated carbocycles. The summed E-state index contributed by atoms with van der Waals surface area (Å²) in [5, 5.41) is 18.2. The van der Waals surface area contributed by atoms with Crippen molar-refractivity contribution in [3.8, 4) is 0 Å². The van der Waals surface area contributed by atoms with E-state index in [0.29, 0.717) is 0 Å². The van der Waals surface area contributed by atoms with Crippen LogP contribution in [0.2, 0.25) is 0 Å². The van der Waals surface area contributed by atoms with Gasteiger partial charge in [-0.2, -0.15) is 0 Å². The molecule has 1 aromatic carbocycles. The molecule has 7 nitrogen and oxygen atoms in total. The molecule has 20 heavy (non-hydrogen) atoms. The van der Waals surface area contributed by atoms with Crippen molar-refractivity contribution in [1.82, 2.24) is 4.72 Å². The number of nitrogens with one attached hydrogen (secondary N) is 1. The number of ether oxygens (including phenoxy) is 1. The van der Waals surface area contributed by atoms with E-state index in [2.05, 4.69) is 9.46 Å². The minimum atomic E-state index is -3.98. The second-order valence-corrected chi connectivity index (χ2v) is 6.18. The Morgan fingerprint density at radius 2 is 1.95 bits per heavy atom. The van der Waals surface area contributed by atoms with Gasteiger partial charge in [0.1, 0.15) is 0 Å². The molecule has 0 radical (unpaired) electrons. The fourth-order valence-corrected chi connectivity index (χ4v) is 2.84. The van der Waals surface area contributed by atoms with Gasteiger partial charge in [-0.25, -0.2) is 17.9 Å². The lowest BCUT2D eigenvalue weighted by Crippen LogP contribution is -2.51. The van der Waals surface area contributed by atoms with E-state index in [9.17, 15) is 13.2 Å². The Hall–Kier alpha value is -1.48. The van der Waals surface area contributed by atoms with E-state index in [1.165, 1.54) is 32.2 Å². The van der Waals surface area contributed by atoms with E-state index in [1.807, 2.05) is 0 Å². The van der Waals surface area contributed by atoms with Crippen LogP contribution in [0, 0.1) is 0 Å². The van der Waals surface area contributed by atoms with Gasteiger partial charge in [-0.15, -0.1) is 0 Å². The molecule has 0 heterocycles. The van der Waals surface area contributed by atoms with Crippen molar-refractivity contribution < 1.29 is 28.2 Å². The molecule has 0 unspecified atom stereocenters. The Labute approximate surface area is 117 Å². The quantitative estimate of drug-likeness (QED) is 0.610. The van der Waals surface area contributed by atoms with E-state index >= 15 is 0 Å². The Morgan fingerprint density at radius 3 is 2.45 bits per heavy atom. The molecule has 8 heteroatoms. The molecular weight excluding hydrogens is 286 g/mol. The lowest BCUT2D eigenvalue weighted by Gasteiger charge is -2.25. The van der Waals surface area contributed by atoms with Crippen LogP contribution < -0.4 is 4.72 Å². The first-order valence-electron chi connectivity index (χ1n) is 5.72. The predicted octanol–water partition coefficient (Wildman–Crippen LogP) is -0.505. The monoisotopic (exact) mass is 303 g/mol. The lowest BCUT2D eigenvalue weighted by atomic mass is 10.1. The van der Waals surface area contributed by atoms with Crippen LogP contribution in [0.25, 0.3) is 0 Å². The van der Waals surface area contributed by atoms with Crippen molar-refractivity contribution in [3.05, 3.63) is 29.8 Å². The van der Waals surface area contributed by atoms with Gasteiger partial charge < -0.3 is 14.9 Å². The Morgan fingerprint density at radius 1 is 1.35 bits per heavy atom. The van der Waals surface area contributed by atoms with Crippen molar-refractivity contribution in [2.24, 2.45) is 0 Å². The van der Waals surface area contributed by atoms with Crippen molar-refractivity contribution in [3.63, 3.8) is 0 Å². The lowest BCUT2D eigenvalue weighted by molar-refractivity contribution is 0.0600. The van der Waals surface area contributed by atoms with E-state index in [-0.39, 0.29) is 10.5 Å². The molecule has 0 fully saturated rings. The summed E-state index contributed by atoms with van der Waals surface area (Å²) < 4.78 is 31.0. The maximum absolute atomic E-state index is 12.1. The second-order valence-electron chi connectivity index (χ2n) is 4.50. The molecule has 0 aliphatic rings. The zero-order valence-corrected chi connectivity index (χ0v) is 12.0. The zero-order valence-electron chi connectivity index (χ0n) is 11.2. The maximum Gasteiger partial charge on any atom is 0.337 e. The summed E-state index contributed by atoms with van der Waals surface area (Å²) in [5.74, 6) is -0.658. The highest BCUT2D eigenvalue weighted by Crippen LogP contribution is 2.15. The topological polar surface area (TPSA) is 113 Å². The minimum Gasteiger partial charge on any atom is -0.465 e. The minimum absolute atomic E-state index is 0.0880. The molecule has 1 aromatic rings. The Balaban J connectivity index is 3.13. The molecule has 112 valence electrons. The number of esters is 1. The summed E-state index contributed by atoms with van der Waals surface area (Å²) in [6.07, 6.45) is 0. The standard InChI is InChI=1S/C12H17NO6S/c1-12(7-14,8-15)13-20(17,18)10-5-3-4-9(6-10)11(16)19-2/h3-6,13-15H,7-8H2,1-2H3. The molecule has 0 spiro atoms. The predicted molar refractivity (Wildman–Crippen MR) is 70.7 cm³/mol. The van der Waals surface area contributed by atoms with Crippen LogP contribution in [0.4, 0.5) is 0 Å². The molecule has 0 bridgehead atoms. The van der Waals surface area contributed by atoms with Crippen LogP contribution >= 0.6 is 0 Å². The summed E-state index contributed by atoms with van der Waals surface area (Å²) in [5.41, 5.74) is -1.30. The van der Waals surface area contributed by atoms with Crippen molar-refractivity contribution in [1.29, 1.82) is 0 Å². The number of aliphatic hydroxyl groups excluding tert-OH is 2. The van der Waals surface area contributed by atoms with Crippen molar-refractivity contribution in [2.45, 2.75) is 17.4 Å². The number of hydrogen-bond acceptors (Lipinski definition) is 6. The molecule has 0 amide bonds. The van der Waals surface area contributed by atoms with Crippen molar-refractivity contribution >= 4 is 16.0 Å². The Kier molecular flexibility index (Phi) is 5.23. The van der Waals surface area contributed by atoms with Gasteiger partial charge in [0.2, 0.25) is 10.0 Å². The first kappa shape index (κ1) is 16.6. The van der Waals surface area contributed by atoms with Crippen LogP contribution in [0.5, 0.6) is 0 Å². The number of benzene rings is 1. The molecule has 0 aliphatic heterocycles. The molecule has 0 aliphatic carbocycles. The van der Waals surface area contributed by atoms with Gasteiger partial charge in [0, 0.05) is 0 Å². The van der Waals surface area contributed by atoms with E-state index in [1.54, 1.807) is 0 Å². The van der Waals surface area contributed by atoms with E-state index in [4.69, 9.17) is 10.2 Å². The fourth-order valence-electron chi connectivity index (χ4n) is 1.41. The number of rotatable bonds is 6. The SMILES string of the molecule is COC(=O)c1cccc(S(=O)(=O)NC(C)(CO)CO)c1. The average Bonchev–Trinajstić information content (AvgIpc) is 2.46. The van der Waals surface area contributed by atoms with Gasteiger partial charge in [-0.1, -0.05) is 6.07 Å². The molecule has 0 atom stereocenters. The number of methoxy groups -OCH3 is 1. The van der Waals surface area contributed by atoms with Gasteiger partial charge in [0.05, 0.1) is 36.3 Å². The third-order valence-corrected chi connectivity index (χ3v) is 4.28. The van der Waals surface area contributed by atoms with E-state index in [0.717, 1.165) is 6.07 Å². The molecule has 0 saturated heterocycles. The summed E-state index contributed by atoms with van der Waals surface area (Å²) >= 11 is 0. The van der Waals surface area contributed by atoms with Crippen LogP contribution in [-0.2, 0) is 14.8 Å². The van der Waals surface area contributed by atoms with Crippen LogP contribution in [0.1, 0.15) is 17.3 Å². The van der Waals surface area contributed by atoms with Crippen LogP contribution in [0.15, 0.2) is 29.2 Å². The van der Waals surface area contributed by atoms with E-state index < -0.39 is 34.7 Å². The third-order valence-electron chi connectivity index (χ3n) is 2.64. The number of hydrogen-bond donors (Lipinski definition) is 3. The fraction of sp³-hybridized carbons (Fsp3) is 0.417. The van der Waals surface area contributed by atoms with Gasteiger partial charge in [0.15, 0.2) is 0 Å². The molecular formula is C12H17NO6S. The summed E-state index contributed by atoms with van der Waals surface area (Å²) in [6, 6.07) is 5.27.